The zero-order valence-corrected chi connectivity index (χ0v) is 27.3. The van der Waals surface area contributed by atoms with E-state index in [1.165, 1.54) is 17.4 Å². The van der Waals surface area contributed by atoms with Crippen LogP contribution in [0.2, 0.25) is 0 Å². The number of para-hydroxylation sites is 2. The van der Waals surface area contributed by atoms with Gasteiger partial charge in [-0.05, 0) is 36.4 Å². The number of hydrogen-bond acceptors (Lipinski definition) is 4. The van der Waals surface area contributed by atoms with Gasteiger partial charge in [0.05, 0.1) is 23.6 Å². The van der Waals surface area contributed by atoms with Crippen molar-refractivity contribution in [1.29, 1.82) is 0 Å². The Bertz CT molecular complexity index is 3050. The van der Waals surface area contributed by atoms with Crippen LogP contribution in [0.15, 0.2) is 170 Å². The van der Waals surface area contributed by atoms with Crippen molar-refractivity contribution in [3.8, 4) is 51.0 Å². The van der Waals surface area contributed by atoms with Gasteiger partial charge in [-0.1, -0.05) is 133 Å². The standard InChI is InChI=1S/C45H28N4S/c1-3-14-29(15-4-1)43-46-44(30-16-5-2-6-17-30)48-45(47-43)31-26-27-40(49-38-23-10-7-18-32(38)33-19-8-11-24-39(33)49)37(28-31)36-22-13-21-35-34-20-9-12-25-41(34)50-42(35)36/h1-28H/i9D,13D,20D,21D,25D. The Morgan fingerprint density at radius 3 is 1.70 bits per heavy atom. The average Bonchev–Trinajstić information content (AvgIpc) is 3.80. The van der Waals surface area contributed by atoms with Crippen LogP contribution in [0.5, 0.6) is 0 Å². The molecule has 234 valence electrons. The lowest BCUT2D eigenvalue weighted by molar-refractivity contribution is 1.07. The maximum absolute atomic E-state index is 9.08. The number of hydrogen-bond donors (Lipinski definition) is 0. The van der Waals surface area contributed by atoms with Crippen molar-refractivity contribution in [2.75, 3.05) is 0 Å². The molecule has 3 heterocycles. The molecule has 0 saturated heterocycles. The van der Waals surface area contributed by atoms with Crippen molar-refractivity contribution in [2.45, 2.75) is 0 Å². The molecule has 0 fully saturated rings. The molecule has 4 nitrogen and oxygen atoms in total. The first-order valence-electron chi connectivity index (χ1n) is 18.8. The minimum Gasteiger partial charge on any atom is -0.309 e. The minimum absolute atomic E-state index is 0.0139. The molecule has 0 saturated carbocycles. The van der Waals surface area contributed by atoms with Crippen LogP contribution in [0, 0.1) is 0 Å². The van der Waals surface area contributed by atoms with Crippen LogP contribution in [0.3, 0.4) is 0 Å². The van der Waals surface area contributed by atoms with Gasteiger partial charge in [-0.15, -0.1) is 11.3 Å². The fraction of sp³-hybridized carbons (Fsp3) is 0. The normalized spacial score (nSPS) is 13.0. The van der Waals surface area contributed by atoms with Crippen molar-refractivity contribution in [2.24, 2.45) is 0 Å². The predicted octanol–water partition coefficient (Wildman–Crippen LogP) is 12.0. The van der Waals surface area contributed by atoms with Gasteiger partial charge in [-0.25, -0.2) is 15.0 Å². The molecule has 7 aromatic carbocycles. The third-order valence-corrected chi connectivity index (χ3v) is 10.3. The highest BCUT2D eigenvalue weighted by Crippen LogP contribution is 2.44. The van der Waals surface area contributed by atoms with Crippen LogP contribution >= 0.6 is 11.3 Å². The number of nitrogens with zero attached hydrogens (tertiary/aromatic N) is 4. The number of fused-ring (bicyclic) bond motifs is 6. The van der Waals surface area contributed by atoms with Crippen molar-refractivity contribution in [1.82, 2.24) is 19.5 Å². The molecule has 5 heteroatoms. The highest BCUT2D eigenvalue weighted by molar-refractivity contribution is 7.26. The van der Waals surface area contributed by atoms with Gasteiger partial charge >= 0.3 is 0 Å². The van der Waals surface area contributed by atoms with Crippen LogP contribution < -0.4 is 0 Å². The van der Waals surface area contributed by atoms with Gasteiger partial charge in [0.2, 0.25) is 0 Å². The fourth-order valence-electron chi connectivity index (χ4n) is 6.82. The molecule has 0 radical (unpaired) electrons. The van der Waals surface area contributed by atoms with Crippen molar-refractivity contribution < 1.29 is 6.85 Å². The summed E-state index contributed by atoms with van der Waals surface area (Å²) >= 11 is 1.33. The summed E-state index contributed by atoms with van der Waals surface area (Å²) in [7, 11) is 0. The summed E-state index contributed by atoms with van der Waals surface area (Å²) in [6.07, 6.45) is 0. The highest BCUT2D eigenvalue weighted by Gasteiger charge is 2.20. The van der Waals surface area contributed by atoms with Crippen molar-refractivity contribution in [3.63, 3.8) is 0 Å². The molecule has 0 spiro atoms. The SMILES string of the molecule is [2H]c1cc([2H])c2sc3c(-c4cc(-c5nc(-c6ccccc6)nc(-c6ccccc6)n5)ccc4-n4c5ccccc5c5ccccc54)cc([2H])c([2H])c3c2c1[2H]. The topological polar surface area (TPSA) is 43.6 Å². The molecule has 0 amide bonds. The van der Waals surface area contributed by atoms with Crippen LogP contribution in [0.1, 0.15) is 6.85 Å². The molecule has 50 heavy (non-hydrogen) atoms. The smallest absolute Gasteiger partial charge is 0.164 e. The second kappa shape index (κ2) is 11.6. The van der Waals surface area contributed by atoms with E-state index in [2.05, 4.69) is 34.9 Å². The summed E-state index contributed by atoms with van der Waals surface area (Å²) in [5, 5.41) is 2.97. The van der Waals surface area contributed by atoms with Crippen molar-refractivity contribution >= 4 is 53.3 Å². The van der Waals surface area contributed by atoms with Gasteiger partial charge in [-0.3, -0.25) is 0 Å². The number of benzene rings is 7. The molecule has 0 aliphatic rings. The van der Waals surface area contributed by atoms with Gasteiger partial charge < -0.3 is 4.57 Å². The average molecular weight is 662 g/mol. The Kier molecular flexibility index (Phi) is 5.54. The fourth-order valence-corrected chi connectivity index (χ4v) is 7.93. The van der Waals surface area contributed by atoms with Crippen LogP contribution in [-0.4, -0.2) is 19.5 Å². The molecular weight excluding hydrogens is 629 g/mol. The van der Waals surface area contributed by atoms with E-state index in [1.807, 2.05) is 97.1 Å². The third-order valence-electron chi connectivity index (χ3n) is 9.10. The molecule has 0 N–H and O–H groups in total. The maximum Gasteiger partial charge on any atom is 0.164 e. The molecule has 3 aromatic heterocycles. The first kappa shape index (κ1) is 23.8. The summed E-state index contributed by atoms with van der Waals surface area (Å²) in [5.74, 6) is 1.54. The molecule has 0 aliphatic heterocycles. The molecular formula is C45H28N4S. The van der Waals surface area contributed by atoms with Gasteiger partial charge in [0, 0.05) is 58.8 Å². The van der Waals surface area contributed by atoms with Gasteiger partial charge in [-0.2, -0.15) is 0 Å². The Morgan fingerprint density at radius 1 is 0.460 bits per heavy atom. The minimum atomic E-state index is -0.0835. The lowest BCUT2D eigenvalue weighted by Gasteiger charge is -2.17. The second-order valence-electron chi connectivity index (χ2n) is 12.0. The molecule has 10 rings (SSSR count). The van der Waals surface area contributed by atoms with E-state index in [9.17, 15) is 0 Å². The Hall–Kier alpha value is -6.43. The first-order valence-corrected chi connectivity index (χ1v) is 17.1. The van der Waals surface area contributed by atoms with E-state index >= 15 is 0 Å². The Morgan fingerprint density at radius 2 is 1.04 bits per heavy atom. The summed E-state index contributed by atoms with van der Waals surface area (Å²) < 4.78 is 47.6. The predicted molar refractivity (Wildman–Crippen MR) is 209 cm³/mol. The quantitative estimate of drug-likeness (QED) is 0.184. The number of thiophene rings is 1. The van der Waals surface area contributed by atoms with Crippen LogP contribution in [-0.2, 0) is 0 Å². The van der Waals surface area contributed by atoms with E-state index in [0.29, 0.717) is 43.2 Å². The number of aromatic nitrogens is 4. The van der Waals surface area contributed by atoms with E-state index in [4.69, 9.17) is 21.8 Å². The monoisotopic (exact) mass is 661 g/mol. The van der Waals surface area contributed by atoms with E-state index in [0.717, 1.165) is 49.7 Å². The summed E-state index contributed by atoms with van der Waals surface area (Å²) in [4.78, 5) is 14.9. The van der Waals surface area contributed by atoms with E-state index < -0.39 is 0 Å². The third kappa shape index (κ3) is 4.63. The summed E-state index contributed by atoms with van der Waals surface area (Å²) in [5.41, 5.74) is 6.74. The van der Waals surface area contributed by atoms with Crippen LogP contribution in [0.4, 0.5) is 0 Å². The number of rotatable bonds is 5. The van der Waals surface area contributed by atoms with Crippen LogP contribution in [0.25, 0.3) is 93.0 Å². The molecule has 0 aliphatic carbocycles. The van der Waals surface area contributed by atoms with E-state index in [1.54, 1.807) is 6.07 Å². The molecule has 0 bridgehead atoms. The summed E-state index contributed by atoms with van der Waals surface area (Å²) in [6.45, 7) is 0. The lowest BCUT2D eigenvalue weighted by Crippen LogP contribution is -2.02. The van der Waals surface area contributed by atoms with Gasteiger partial charge in [0.1, 0.15) is 0 Å². The van der Waals surface area contributed by atoms with E-state index in [-0.39, 0.29) is 30.2 Å². The lowest BCUT2D eigenvalue weighted by atomic mass is 9.98. The van der Waals surface area contributed by atoms with Gasteiger partial charge in [0.25, 0.3) is 0 Å². The zero-order chi connectivity index (χ0) is 37.4. The Balaban J connectivity index is 1.32. The Labute approximate surface area is 299 Å². The van der Waals surface area contributed by atoms with Gasteiger partial charge in [0.15, 0.2) is 17.5 Å². The summed E-state index contributed by atoms with van der Waals surface area (Å²) in [6, 6.07) is 45.4. The maximum atomic E-state index is 9.08. The molecule has 10 aromatic rings. The molecule has 0 atom stereocenters. The molecule has 0 unspecified atom stereocenters. The largest absolute Gasteiger partial charge is 0.309 e. The zero-order valence-electron chi connectivity index (χ0n) is 31.5. The second-order valence-corrected chi connectivity index (χ2v) is 13.1. The van der Waals surface area contributed by atoms with Crippen molar-refractivity contribution in [3.05, 3.63) is 170 Å². The first-order chi connectivity index (χ1) is 26.9. The highest BCUT2D eigenvalue weighted by atomic mass is 32.1.